The smallest absolute Gasteiger partial charge is 0.191 e. The number of para-hydroxylation sites is 1. The van der Waals surface area contributed by atoms with Crippen LogP contribution in [0.15, 0.2) is 29.3 Å². The molecule has 1 saturated carbocycles. The second kappa shape index (κ2) is 7.52. The Hall–Kier alpha value is -1.71. The SMILES string of the molecule is CCN(CC)C(N)=NCC1(c2ccccc2OC)CCCC1. The Morgan fingerprint density at radius 1 is 1.23 bits per heavy atom. The molecule has 0 radical (unpaired) electrons. The number of hydrogen-bond donors (Lipinski definition) is 1. The zero-order valence-electron chi connectivity index (χ0n) is 14.1. The molecule has 0 spiro atoms. The summed E-state index contributed by atoms with van der Waals surface area (Å²) in [6.07, 6.45) is 4.81. The fourth-order valence-electron chi connectivity index (χ4n) is 3.53. The van der Waals surface area contributed by atoms with Gasteiger partial charge < -0.3 is 15.4 Å². The first-order valence-corrected chi connectivity index (χ1v) is 8.35. The van der Waals surface area contributed by atoms with E-state index in [9.17, 15) is 0 Å². The zero-order valence-corrected chi connectivity index (χ0v) is 14.1. The Balaban J connectivity index is 2.28. The van der Waals surface area contributed by atoms with E-state index in [2.05, 4.69) is 30.9 Å². The average Bonchev–Trinajstić information content (AvgIpc) is 3.04. The van der Waals surface area contributed by atoms with Crippen LogP contribution < -0.4 is 10.5 Å². The van der Waals surface area contributed by atoms with E-state index in [1.54, 1.807) is 7.11 Å². The van der Waals surface area contributed by atoms with Gasteiger partial charge in [0, 0.05) is 24.1 Å². The van der Waals surface area contributed by atoms with Crippen LogP contribution in [0, 0.1) is 0 Å². The number of nitrogens with zero attached hydrogens (tertiary/aromatic N) is 2. The lowest BCUT2D eigenvalue weighted by Crippen LogP contribution is -2.38. The van der Waals surface area contributed by atoms with Gasteiger partial charge in [-0.25, -0.2) is 0 Å². The number of nitrogens with two attached hydrogens (primary N) is 1. The molecule has 0 aliphatic heterocycles. The predicted molar refractivity (Wildman–Crippen MR) is 92.6 cm³/mol. The van der Waals surface area contributed by atoms with Gasteiger partial charge in [0.1, 0.15) is 5.75 Å². The van der Waals surface area contributed by atoms with Crippen LogP contribution in [0.1, 0.15) is 45.1 Å². The summed E-state index contributed by atoms with van der Waals surface area (Å²) in [6.45, 7) is 6.76. The van der Waals surface area contributed by atoms with Crippen molar-refractivity contribution < 1.29 is 4.74 Å². The Kier molecular flexibility index (Phi) is 5.69. The van der Waals surface area contributed by atoms with Crippen molar-refractivity contribution in [1.82, 2.24) is 4.90 Å². The van der Waals surface area contributed by atoms with Crippen molar-refractivity contribution >= 4 is 5.96 Å². The van der Waals surface area contributed by atoms with Crippen LogP contribution in [-0.2, 0) is 5.41 Å². The molecule has 1 aliphatic rings. The van der Waals surface area contributed by atoms with Gasteiger partial charge in [0.25, 0.3) is 0 Å². The van der Waals surface area contributed by atoms with Crippen molar-refractivity contribution in [2.75, 3.05) is 26.7 Å². The van der Waals surface area contributed by atoms with E-state index in [-0.39, 0.29) is 5.41 Å². The van der Waals surface area contributed by atoms with Crippen LogP contribution in [0.2, 0.25) is 0 Å². The topological polar surface area (TPSA) is 50.8 Å². The maximum atomic E-state index is 6.17. The summed E-state index contributed by atoms with van der Waals surface area (Å²) in [5.41, 5.74) is 7.53. The Morgan fingerprint density at radius 2 is 1.86 bits per heavy atom. The Bertz CT molecular complexity index is 503. The highest BCUT2D eigenvalue weighted by atomic mass is 16.5. The van der Waals surface area contributed by atoms with Gasteiger partial charge in [0.15, 0.2) is 5.96 Å². The summed E-state index contributed by atoms with van der Waals surface area (Å²) in [7, 11) is 1.75. The minimum atomic E-state index is 0.0738. The van der Waals surface area contributed by atoms with Crippen molar-refractivity contribution in [3.05, 3.63) is 29.8 Å². The maximum Gasteiger partial charge on any atom is 0.191 e. The summed E-state index contributed by atoms with van der Waals surface area (Å²) in [5.74, 6) is 1.63. The molecular formula is C18H29N3O. The molecule has 0 saturated heterocycles. The summed E-state index contributed by atoms with van der Waals surface area (Å²) in [4.78, 5) is 6.84. The molecule has 4 nitrogen and oxygen atoms in total. The largest absolute Gasteiger partial charge is 0.496 e. The maximum absolute atomic E-state index is 6.17. The molecular weight excluding hydrogens is 274 g/mol. The first kappa shape index (κ1) is 16.7. The van der Waals surface area contributed by atoms with Gasteiger partial charge >= 0.3 is 0 Å². The molecule has 22 heavy (non-hydrogen) atoms. The third-order valence-corrected chi connectivity index (χ3v) is 4.87. The number of guanidine groups is 1. The molecule has 1 aromatic carbocycles. The number of aliphatic imine (C=N–C) groups is 1. The molecule has 0 aromatic heterocycles. The molecule has 0 heterocycles. The van der Waals surface area contributed by atoms with E-state index in [0.717, 1.165) is 38.2 Å². The molecule has 4 heteroatoms. The predicted octanol–water partition coefficient (Wildman–Crippen LogP) is 3.16. The molecule has 1 fully saturated rings. The standard InChI is InChI=1S/C18H29N3O/c1-4-21(5-2)17(19)20-14-18(12-8-9-13-18)15-10-6-7-11-16(15)22-3/h6-7,10-11H,4-5,8-9,12-14H2,1-3H3,(H2,19,20). The number of methoxy groups -OCH3 is 1. The first-order chi connectivity index (χ1) is 10.7. The van der Waals surface area contributed by atoms with Gasteiger partial charge in [-0.2, -0.15) is 0 Å². The third kappa shape index (κ3) is 3.37. The monoisotopic (exact) mass is 303 g/mol. The van der Waals surface area contributed by atoms with Gasteiger partial charge in [-0.1, -0.05) is 31.0 Å². The normalized spacial score (nSPS) is 17.5. The highest BCUT2D eigenvalue weighted by Crippen LogP contribution is 2.44. The van der Waals surface area contributed by atoms with Crippen LogP contribution in [0.25, 0.3) is 0 Å². The third-order valence-electron chi connectivity index (χ3n) is 4.87. The lowest BCUT2D eigenvalue weighted by molar-refractivity contribution is 0.376. The fourth-order valence-corrected chi connectivity index (χ4v) is 3.53. The molecule has 2 rings (SSSR count). The summed E-state index contributed by atoms with van der Waals surface area (Å²) >= 11 is 0. The zero-order chi connectivity index (χ0) is 16.0. The molecule has 0 amide bonds. The lowest BCUT2D eigenvalue weighted by Gasteiger charge is -2.30. The van der Waals surface area contributed by atoms with Crippen molar-refractivity contribution in [1.29, 1.82) is 0 Å². The van der Waals surface area contributed by atoms with Crippen molar-refractivity contribution in [2.24, 2.45) is 10.7 Å². The van der Waals surface area contributed by atoms with Crippen molar-refractivity contribution in [3.8, 4) is 5.75 Å². The molecule has 0 bridgehead atoms. The van der Waals surface area contributed by atoms with E-state index < -0.39 is 0 Å². The van der Waals surface area contributed by atoms with E-state index >= 15 is 0 Å². The van der Waals surface area contributed by atoms with Crippen LogP contribution in [0.5, 0.6) is 5.75 Å². The molecule has 1 aliphatic carbocycles. The molecule has 0 unspecified atom stereocenters. The average molecular weight is 303 g/mol. The molecule has 122 valence electrons. The van der Waals surface area contributed by atoms with Crippen LogP contribution in [-0.4, -0.2) is 37.6 Å². The minimum absolute atomic E-state index is 0.0738. The van der Waals surface area contributed by atoms with Gasteiger partial charge in [-0.3, -0.25) is 4.99 Å². The van der Waals surface area contributed by atoms with Crippen LogP contribution >= 0.6 is 0 Å². The fraction of sp³-hybridized carbons (Fsp3) is 0.611. The van der Waals surface area contributed by atoms with Gasteiger partial charge in [-0.05, 0) is 32.8 Å². The van der Waals surface area contributed by atoms with E-state index in [1.807, 2.05) is 12.1 Å². The highest BCUT2D eigenvalue weighted by Gasteiger charge is 2.37. The molecule has 2 N–H and O–H groups in total. The van der Waals surface area contributed by atoms with Gasteiger partial charge in [0.2, 0.25) is 0 Å². The summed E-state index contributed by atoms with van der Waals surface area (Å²) in [5, 5.41) is 0. The molecule has 1 aromatic rings. The lowest BCUT2D eigenvalue weighted by atomic mass is 9.78. The van der Waals surface area contributed by atoms with E-state index in [1.165, 1.54) is 18.4 Å². The summed E-state index contributed by atoms with van der Waals surface area (Å²) < 4.78 is 5.59. The summed E-state index contributed by atoms with van der Waals surface area (Å²) in [6, 6.07) is 8.36. The van der Waals surface area contributed by atoms with Crippen LogP contribution in [0.4, 0.5) is 0 Å². The second-order valence-electron chi connectivity index (χ2n) is 6.03. The van der Waals surface area contributed by atoms with Crippen molar-refractivity contribution in [2.45, 2.75) is 44.9 Å². The Morgan fingerprint density at radius 3 is 2.45 bits per heavy atom. The quantitative estimate of drug-likeness (QED) is 0.649. The Labute approximate surface area is 134 Å². The van der Waals surface area contributed by atoms with E-state index in [4.69, 9.17) is 15.5 Å². The van der Waals surface area contributed by atoms with E-state index in [0.29, 0.717) is 5.96 Å². The van der Waals surface area contributed by atoms with Crippen LogP contribution in [0.3, 0.4) is 0 Å². The minimum Gasteiger partial charge on any atom is -0.496 e. The number of hydrogen-bond acceptors (Lipinski definition) is 2. The molecule has 0 atom stereocenters. The first-order valence-electron chi connectivity index (χ1n) is 8.35. The van der Waals surface area contributed by atoms with Crippen molar-refractivity contribution in [3.63, 3.8) is 0 Å². The number of ether oxygens (including phenoxy) is 1. The number of benzene rings is 1. The van der Waals surface area contributed by atoms with Gasteiger partial charge in [0.05, 0.1) is 13.7 Å². The second-order valence-corrected chi connectivity index (χ2v) is 6.03. The van der Waals surface area contributed by atoms with Gasteiger partial charge in [-0.15, -0.1) is 0 Å². The highest BCUT2D eigenvalue weighted by molar-refractivity contribution is 5.78. The number of rotatable bonds is 6.